The summed E-state index contributed by atoms with van der Waals surface area (Å²) in [5.74, 6) is -2.44. The van der Waals surface area contributed by atoms with Gasteiger partial charge in [-0.25, -0.2) is 9.59 Å². The number of rotatable bonds is 7. The molecule has 9 nitrogen and oxygen atoms in total. The van der Waals surface area contributed by atoms with E-state index in [0.717, 1.165) is 37.3 Å². The highest BCUT2D eigenvalue weighted by atomic mass is 32.1. The number of methoxy groups -OCH3 is 3. The van der Waals surface area contributed by atoms with Gasteiger partial charge < -0.3 is 19.5 Å². The van der Waals surface area contributed by atoms with Crippen molar-refractivity contribution < 1.29 is 33.4 Å². The second-order valence-electron chi connectivity index (χ2n) is 5.88. The number of anilines is 1. The van der Waals surface area contributed by atoms with Crippen LogP contribution in [0.3, 0.4) is 0 Å². The van der Waals surface area contributed by atoms with Crippen LogP contribution in [-0.4, -0.2) is 69.7 Å². The number of hydrogen-bond acceptors (Lipinski definition) is 9. The lowest BCUT2D eigenvalue weighted by Gasteiger charge is -2.14. The van der Waals surface area contributed by atoms with Gasteiger partial charge in [0.15, 0.2) is 0 Å². The van der Waals surface area contributed by atoms with E-state index in [1.807, 2.05) is 4.90 Å². The molecule has 2 heterocycles. The Hall–Kier alpha value is -2.46. The molecule has 0 unspecified atom stereocenters. The van der Waals surface area contributed by atoms with Crippen LogP contribution in [0.4, 0.5) is 5.00 Å². The number of ether oxygens (including phenoxy) is 3. The summed E-state index contributed by atoms with van der Waals surface area (Å²) in [5, 5.41) is 2.80. The molecular weight excluding hydrogens is 376 g/mol. The molecule has 1 aliphatic heterocycles. The molecule has 0 aliphatic carbocycles. The molecule has 1 aromatic heterocycles. The molecule has 148 valence electrons. The average Bonchev–Trinajstić information content (AvgIpc) is 3.28. The summed E-state index contributed by atoms with van der Waals surface area (Å²) in [5.41, 5.74) is 0.0742. The zero-order valence-electron chi connectivity index (χ0n) is 15.5. The van der Waals surface area contributed by atoms with Gasteiger partial charge in [0.2, 0.25) is 5.91 Å². The molecule has 1 amide bonds. The van der Waals surface area contributed by atoms with Gasteiger partial charge in [-0.05, 0) is 25.9 Å². The SMILES string of the molecule is COC(=O)Cc1c(C(=O)OC)sc(NC(=O)CN2CCCC2)c1C(=O)OC. The van der Waals surface area contributed by atoms with Crippen molar-refractivity contribution in [3.8, 4) is 0 Å². The van der Waals surface area contributed by atoms with Crippen LogP contribution in [-0.2, 0) is 30.2 Å². The monoisotopic (exact) mass is 398 g/mol. The molecule has 0 radical (unpaired) electrons. The smallest absolute Gasteiger partial charge is 0.348 e. The zero-order chi connectivity index (χ0) is 20.0. The van der Waals surface area contributed by atoms with E-state index in [1.54, 1.807) is 0 Å². The third-order valence-electron chi connectivity index (χ3n) is 4.13. The number of nitrogens with zero attached hydrogens (tertiary/aromatic N) is 1. The highest BCUT2D eigenvalue weighted by Crippen LogP contribution is 2.35. The molecule has 10 heteroatoms. The Morgan fingerprint density at radius 1 is 1.00 bits per heavy atom. The molecule has 1 fully saturated rings. The molecule has 0 aromatic carbocycles. The first-order chi connectivity index (χ1) is 12.9. The Bertz CT molecular complexity index is 738. The van der Waals surface area contributed by atoms with Gasteiger partial charge in [-0.15, -0.1) is 11.3 Å². The molecular formula is C17H22N2O7S. The van der Waals surface area contributed by atoms with Crippen molar-refractivity contribution in [2.75, 3.05) is 46.3 Å². The minimum atomic E-state index is -0.767. The van der Waals surface area contributed by atoms with Crippen molar-refractivity contribution >= 4 is 40.2 Å². The largest absolute Gasteiger partial charge is 0.469 e. The van der Waals surface area contributed by atoms with E-state index in [9.17, 15) is 19.2 Å². The molecule has 0 atom stereocenters. The van der Waals surface area contributed by atoms with Gasteiger partial charge >= 0.3 is 17.9 Å². The minimum Gasteiger partial charge on any atom is -0.469 e. The molecule has 0 bridgehead atoms. The van der Waals surface area contributed by atoms with E-state index in [0.29, 0.717) is 0 Å². The normalized spacial score (nSPS) is 13.9. The summed E-state index contributed by atoms with van der Waals surface area (Å²) < 4.78 is 14.1. The molecule has 27 heavy (non-hydrogen) atoms. The fraction of sp³-hybridized carbons (Fsp3) is 0.529. The van der Waals surface area contributed by atoms with Gasteiger partial charge in [0, 0.05) is 5.56 Å². The van der Waals surface area contributed by atoms with Crippen molar-refractivity contribution in [2.45, 2.75) is 19.3 Å². The maximum Gasteiger partial charge on any atom is 0.348 e. The Kier molecular flexibility index (Phi) is 7.31. The first kappa shape index (κ1) is 20.8. The summed E-state index contributed by atoms with van der Waals surface area (Å²) in [6.45, 7) is 1.85. The third kappa shape index (κ3) is 5.04. The van der Waals surface area contributed by atoms with Crippen LogP contribution in [0, 0.1) is 0 Å². The number of hydrogen-bond donors (Lipinski definition) is 1. The molecule has 2 rings (SSSR count). The van der Waals surface area contributed by atoms with Gasteiger partial charge in [-0.2, -0.15) is 0 Å². The number of thiophene rings is 1. The van der Waals surface area contributed by atoms with Crippen LogP contribution in [0.5, 0.6) is 0 Å². The van der Waals surface area contributed by atoms with Crippen LogP contribution in [0.25, 0.3) is 0 Å². The molecule has 1 aromatic rings. The summed E-state index contributed by atoms with van der Waals surface area (Å²) in [7, 11) is 3.56. The van der Waals surface area contributed by atoms with Crippen LogP contribution < -0.4 is 5.32 Å². The van der Waals surface area contributed by atoms with Gasteiger partial charge in [-0.1, -0.05) is 0 Å². The molecule has 1 aliphatic rings. The fourth-order valence-corrected chi connectivity index (χ4v) is 3.97. The predicted molar refractivity (Wildman–Crippen MR) is 97.0 cm³/mol. The maximum absolute atomic E-state index is 12.4. The number of esters is 3. The van der Waals surface area contributed by atoms with E-state index in [2.05, 4.69) is 10.1 Å². The van der Waals surface area contributed by atoms with Gasteiger partial charge in [0.05, 0.1) is 39.9 Å². The van der Waals surface area contributed by atoms with Crippen LogP contribution in [0.2, 0.25) is 0 Å². The van der Waals surface area contributed by atoms with Crippen molar-refractivity contribution in [1.29, 1.82) is 0 Å². The standard InChI is InChI=1S/C17H22N2O7S/c1-24-12(21)8-10-13(16(22)25-2)15(27-14(10)17(23)26-3)18-11(20)9-19-6-4-5-7-19/h4-9H2,1-3H3,(H,18,20). The summed E-state index contributed by atoms with van der Waals surface area (Å²) in [4.78, 5) is 50.6. The van der Waals surface area contributed by atoms with Crippen LogP contribution in [0.1, 0.15) is 38.4 Å². The van der Waals surface area contributed by atoms with E-state index >= 15 is 0 Å². The second kappa shape index (κ2) is 9.47. The highest BCUT2D eigenvalue weighted by molar-refractivity contribution is 7.18. The van der Waals surface area contributed by atoms with E-state index in [-0.39, 0.29) is 39.9 Å². The number of likely N-dealkylation sites (tertiary alicyclic amines) is 1. The quantitative estimate of drug-likeness (QED) is 0.536. The van der Waals surface area contributed by atoms with E-state index < -0.39 is 17.9 Å². The predicted octanol–water partition coefficient (Wildman–Crippen LogP) is 1.07. The summed E-state index contributed by atoms with van der Waals surface area (Å²) in [6.07, 6.45) is 1.74. The molecule has 0 spiro atoms. The average molecular weight is 398 g/mol. The molecule has 0 saturated carbocycles. The topological polar surface area (TPSA) is 111 Å². The number of amides is 1. The molecule has 1 saturated heterocycles. The van der Waals surface area contributed by atoms with Crippen molar-refractivity contribution in [3.05, 3.63) is 16.0 Å². The fourth-order valence-electron chi connectivity index (χ4n) is 2.82. The van der Waals surface area contributed by atoms with Crippen LogP contribution >= 0.6 is 11.3 Å². The number of nitrogens with one attached hydrogen (secondary N) is 1. The highest BCUT2D eigenvalue weighted by Gasteiger charge is 2.31. The zero-order valence-corrected chi connectivity index (χ0v) is 16.3. The second-order valence-corrected chi connectivity index (χ2v) is 6.90. The first-order valence-corrected chi connectivity index (χ1v) is 9.14. The molecule has 1 N–H and O–H groups in total. The Morgan fingerprint density at radius 3 is 2.19 bits per heavy atom. The summed E-state index contributed by atoms with van der Waals surface area (Å²) in [6, 6.07) is 0. The third-order valence-corrected chi connectivity index (χ3v) is 5.26. The van der Waals surface area contributed by atoms with Gasteiger partial charge in [0.1, 0.15) is 9.88 Å². The van der Waals surface area contributed by atoms with Crippen LogP contribution in [0.15, 0.2) is 0 Å². The van der Waals surface area contributed by atoms with Crippen molar-refractivity contribution in [1.82, 2.24) is 4.90 Å². The Balaban J connectivity index is 2.38. The number of carbonyl (C=O) groups excluding carboxylic acids is 4. The van der Waals surface area contributed by atoms with Gasteiger partial charge in [0.25, 0.3) is 0 Å². The number of carbonyl (C=O) groups is 4. The maximum atomic E-state index is 12.4. The first-order valence-electron chi connectivity index (χ1n) is 8.32. The summed E-state index contributed by atoms with van der Waals surface area (Å²) >= 11 is 0.868. The van der Waals surface area contributed by atoms with E-state index in [1.165, 1.54) is 21.3 Å². The Labute approximate surface area is 160 Å². The van der Waals surface area contributed by atoms with Crippen molar-refractivity contribution in [3.63, 3.8) is 0 Å². The lowest BCUT2D eigenvalue weighted by Crippen LogP contribution is -2.31. The lowest BCUT2D eigenvalue weighted by molar-refractivity contribution is -0.139. The minimum absolute atomic E-state index is 0.0388. The van der Waals surface area contributed by atoms with E-state index in [4.69, 9.17) is 9.47 Å². The lowest BCUT2D eigenvalue weighted by atomic mass is 10.1. The van der Waals surface area contributed by atoms with Gasteiger partial charge in [-0.3, -0.25) is 14.5 Å². The Morgan fingerprint density at radius 2 is 1.63 bits per heavy atom. The van der Waals surface area contributed by atoms with Crippen molar-refractivity contribution in [2.24, 2.45) is 0 Å².